The fraction of sp³-hybridized carbons (Fsp3) is 0.222. The van der Waals surface area contributed by atoms with Crippen LogP contribution >= 0.6 is 0 Å². The van der Waals surface area contributed by atoms with Crippen molar-refractivity contribution in [1.82, 2.24) is 10.9 Å². The van der Waals surface area contributed by atoms with Gasteiger partial charge in [-0.1, -0.05) is 12.1 Å². The standard InChI is InChI=1S/C18H21N3O7S/c1-3-27-15-6-4-5-7-16(15)28-11-17(22)20-21-18(23)13-10-12(29(19,24)25)8-9-14(13)26-2/h4-10H,3,11H2,1-2H3,(H,20,22)(H,21,23)(H2,19,24,25). The third kappa shape index (κ3) is 6.09. The number of rotatable bonds is 8. The molecule has 2 amide bonds. The third-order valence-electron chi connectivity index (χ3n) is 3.57. The molecule has 0 heterocycles. The van der Waals surface area contributed by atoms with Gasteiger partial charge in [0.2, 0.25) is 10.0 Å². The third-order valence-corrected chi connectivity index (χ3v) is 4.48. The molecule has 10 nitrogen and oxygen atoms in total. The van der Waals surface area contributed by atoms with Crippen molar-refractivity contribution in [3.8, 4) is 17.2 Å². The summed E-state index contributed by atoms with van der Waals surface area (Å²) in [5, 5.41) is 5.07. The lowest BCUT2D eigenvalue weighted by atomic mass is 10.2. The number of hydrogen-bond acceptors (Lipinski definition) is 7. The predicted molar refractivity (Wildman–Crippen MR) is 103 cm³/mol. The summed E-state index contributed by atoms with van der Waals surface area (Å²) in [6.07, 6.45) is 0. The molecule has 2 aromatic rings. The maximum absolute atomic E-state index is 12.3. The fourth-order valence-electron chi connectivity index (χ4n) is 2.26. The van der Waals surface area contributed by atoms with E-state index >= 15 is 0 Å². The van der Waals surface area contributed by atoms with Gasteiger partial charge in [-0.25, -0.2) is 13.6 Å². The lowest BCUT2D eigenvalue weighted by Gasteiger charge is -2.13. The molecule has 0 saturated heterocycles. The van der Waals surface area contributed by atoms with E-state index in [4.69, 9.17) is 19.3 Å². The molecule has 4 N–H and O–H groups in total. The van der Waals surface area contributed by atoms with Gasteiger partial charge in [0.25, 0.3) is 11.8 Å². The minimum Gasteiger partial charge on any atom is -0.496 e. The molecule has 0 spiro atoms. The number of sulfonamides is 1. The topological polar surface area (TPSA) is 146 Å². The summed E-state index contributed by atoms with van der Waals surface area (Å²) >= 11 is 0. The van der Waals surface area contributed by atoms with Crippen molar-refractivity contribution in [3.63, 3.8) is 0 Å². The predicted octanol–water partition coefficient (Wildman–Crippen LogP) is 0.581. The summed E-state index contributed by atoms with van der Waals surface area (Å²) in [6.45, 7) is 1.86. The Labute approximate surface area is 168 Å². The average molecular weight is 423 g/mol. The van der Waals surface area contributed by atoms with Gasteiger partial charge in [0.15, 0.2) is 18.1 Å². The molecule has 0 fully saturated rings. The van der Waals surface area contributed by atoms with Crippen LogP contribution in [0.1, 0.15) is 17.3 Å². The molecule has 2 aromatic carbocycles. The number of nitrogens with two attached hydrogens (primary N) is 1. The molecule has 0 saturated carbocycles. The molecule has 0 radical (unpaired) electrons. The first kappa shape index (κ1) is 22.0. The number of primary sulfonamides is 1. The molecule has 0 aliphatic rings. The summed E-state index contributed by atoms with van der Waals surface area (Å²) in [4.78, 5) is 24.0. The van der Waals surface area contributed by atoms with Crippen LogP contribution in [0.25, 0.3) is 0 Å². The van der Waals surface area contributed by atoms with Crippen LogP contribution in [0.4, 0.5) is 0 Å². The first-order chi connectivity index (χ1) is 13.8. The van der Waals surface area contributed by atoms with E-state index in [1.54, 1.807) is 24.3 Å². The molecule has 0 unspecified atom stereocenters. The van der Waals surface area contributed by atoms with Crippen molar-refractivity contribution >= 4 is 21.8 Å². The second-order valence-corrected chi connectivity index (χ2v) is 7.14. The first-order valence-electron chi connectivity index (χ1n) is 8.41. The number of nitrogens with one attached hydrogen (secondary N) is 2. The van der Waals surface area contributed by atoms with Crippen LogP contribution in [0.15, 0.2) is 47.4 Å². The molecule has 11 heteroatoms. The van der Waals surface area contributed by atoms with Crippen LogP contribution < -0.4 is 30.2 Å². The van der Waals surface area contributed by atoms with E-state index in [0.717, 1.165) is 6.07 Å². The highest BCUT2D eigenvalue weighted by atomic mass is 32.2. The normalized spacial score (nSPS) is 10.7. The Kier molecular flexibility index (Phi) is 7.39. The SMILES string of the molecule is CCOc1ccccc1OCC(=O)NNC(=O)c1cc(S(N)(=O)=O)ccc1OC. The summed E-state index contributed by atoms with van der Waals surface area (Å²) in [5.74, 6) is -0.484. The maximum atomic E-state index is 12.3. The Morgan fingerprint density at radius 3 is 2.24 bits per heavy atom. The van der Waals surface area contributed by atoms with Gasteiger partial charge >= 0.3 is 0 Å². The molecule has 29 heavy (non-hydrogen) atoms. The molecule has 0 aliphatic carbocycles. The van der Waals surface area contributed by atoms with Gasteiger partial charge in [-0.05, 0) is 37.3 Å². The zero-order valence-corrected chi connectivity index (χ0v) is 16.6. The molecule has 0 atom stereocenters. The van der Waals surface area contributed by atoms with Gasteiger partial charge in [0, 0.05) is 0 Å². The van der Waals surface area contributed by atoms with Crippen LogP contribution in [0.5, 0.6) is 17.2 Å². The van der Waals surface area contributed by atoms with Crippen LogP contribution in [-0.4, -0.2) is 40.6 Å². The zero-order valence-electron chi connectivity index (χ0n) is 15.8. The molecule has 156 valence electrons. The highest BCUT2D eigenvalue weighted by Gasteiger charge is 2.18. The maximum Gasteiger partial charge on any atom is 0.276 e. The molecule has 0 bridgehead atoms. The van der Waals surface area contributed by atoms with Crippen LogP contribution in [0.2, 0.25) is 0 Å². The average Bonchev–Trinajstić information content (AvgIpc) is 2.70. The van der Waals surface area contributed by atoms with Crippen molar-refractivity contribution in [2.24, 2.45) is 5.14 Å². The van der Waals surface area contributed by atoms with Crippen LogP contribution in [0, 0.1) is 0 Å². The van der Waals surface area contributed by atoms with Crippen molar-refractivity contribution < 1.29 is 32.2 Å². The van der Waals surface area contributed by atoms with Crippen molar-refractivity contribution in [2.75, 3.05) is 20.3 Å². The number of hydrazine groups is 1. The number of methoxy groups -OCH3 is 1. The van der Waals surface area contributed by atoms with Gasteiger partial charge in [-0.3, -0.25) is 20.4 Å². The number of para-hydroxylation sites is 2. The van der Waals surface area contributed by atoms with Gasteiger partial charge in [-0.15, -0.1) is 0 Å². The first-order valence-corrected chi connectivity index (χ1v) is 9.95. The van der Waals surface area contributed by atoms with E-state index in [1.165, 1.54) is 19.2 Å². The van der Waals surface area contributed by atoms with Crippen LogP contribution in [0.3, 0.4) is 0 Å². The van der Waals surface area contributed by atoms with Gasteiger partial charge < -0.3 is 14.2 Å². The molecule has 0 aliphatic heterocycles. The Hall–Kier alpha value is -3.31. The van der Waals surface area contributed by atoms with E-state index < -0.39 is 28.4 Å². The Morgan fingerprint density at radius 1 is 1.00 bits per heavy atom. The van der Waals surface area contributed by atoms with Crippen LogP contribution in [-0.2, 0) is 14.8 Å². The second kappa shape index (κ2) is 9.75. The van der Waals surface area contributed by atoms with E-state index in [9.17, 15) is 18.0 Å². The van der Waals surface area contributed by atoms with Gasteiger partial charge in [0.05, 0.1) is 24.2 Å². The number of carbonyl (C=O) groups excluding carboxylic acids is 2. The monoisotopic (exact) mass is 423 g/mol. The Bertz CT molecular complexity index is 993. The lowest BCUT2D eigenvalue weighted by Crippen LogP contribution is -2.44. The van der Waals surface area contributed by atoms with Crippen molar-refractivity contribution in [2.45, 2.75) is 11.8 Å². The highest BCUT2D eigenvalue weighted by molar-refractivity contribution is 7.89. The lowest BCUT2D eigenvalue weighted by molar-refractivity contribution is -0.123. The van der Waals surface area contributed by atoms with E-state index in [0.29, 0.717) is 18.1 Å². The van der Waals surface area contributed by atoms with Gasteiger partial charge in [0.1, 0.15) is 5.75 Å². The summed E-state index contributed by atoms with van der Waals surface area (Å²) < 4.78 is 38.8. The number of benzene rings is 2. The van der Waals surface area contributed by atoms with Crippen molar-refractivity contribution in [3.05, 3.63) is 48.0 Å². The highest BCUT2D eigenvalue weighted by Crippen LogP contribution is 2.26. The number of amides is 2. The molecular weight excluding hydrogens is 402 g/mol. The fourth-order valence-corrected chi connectivity index (χ4v) is 2.80. The summed E-state index contributed by atoms with van der Waals surface area (Å²) in [6, 6.07) is 10.4. The Balaban J connectivity index is 1.99. The smallest absolute Gasteiger partial charge is 0.276 e. The Morgan fingerprint density at radius 2 is 1.66 bits per heavy atom. The zero-order chi connectivity index (χ0) is 21.4. The van der Waals surface area contributed by atoms with Gasteiger partial charge in [-0.2, -0.15) is 0 Å². The number of hydrogen-bond donors (Lipinski definition) is 3. The number of carbonyl (C=O) groups is 2. The molecule has 0 aromatic heterocycles. The molecular formula is C18H21N3O7S. The summed E-state index contributed by atoms with van der Waals surface area (Å²) in [5.41, 5.74) is 4.21. The number of ether oxygens (including phenoxy) is 3. The largest absolute Gasteiger partial charge is 0.496 e. The molecule has 2 rings (SSSR count). The second-order valence-electron chi connectivity index (χ2n) is 5.58. The quantitative estimate of drug-likeness (QED) is 0.526. The van der Waals surface area contributed by atoms with E-state index in [2.05, 4.69) is 10.9 Å². The minimum absolute atomic E-state index is 0.103. The summed E-state index contributed by atoms with van der Waals surface area (Å²) in [7, 11) is -2.71. The van der Waals surface area contributed by atoms with E-state index in [1.807, 2.05) is 6.92 Å². The van der Waals surface area contributed by atoms with Crippen molar-refractivity contribution in [1.29, 1.82) is 0 Å². The van der Waals surface area contributed by atoms with E-state index in [-0.39, 0.29) is 16.2 Å². The minimum atomic E-state index is -4.02.